The van der Waals surface area contributed by atoms with E-state index in [4.69, 9.17) is 27.8 Å². The van der Waals surface area contributed by atoms with Crippen LogP contribution in [0.25, 0.3) is 0 Å². The van der Waals surface area contributed by atoms with E-state index in [9.17, 15) is 33.2 Å². The van der Waals surface area contributed by atoms with Crippen LogP contribution in [0.3, 0.4) is 0 Å². The molecule has 0 bridgehead atoms. The van der Waals surface area contributed by atoms with Crippen molar-refractivity contribution in [2.45, 2.75) is 59.5 Å². The van der Waals surface area contributed by atoms with Crippen molar-refractivity contribution in [2.24, 2.45) is 17.3 Å². The summed E-state index contributed by atoms with van der Waals surface area (Å²) < 4.78 is 59.3. The smallest absolute Gasteiger partial charge is 0.438 e. The number of aliphatic hydroxyl groups excluding tert-OH is 1. The molecule has 1 aromatic rings. The Morgan fingerprint density at radius 3 is 2.08 bits per heavy atom. The molecule has 1 aliphatic heterocycles. The molecule has 1 aliphatic rings. The Morgan fingerprint density at radius 1 is 1.11 bits per heavy atom. The third-order valence-corrected chi connectivity index (χ3v) is 7.04. The van der Waals surface area contributed by atoms with E-state index < -0.39 is 93.1 Å². The van der Waals surface area contributed by atoms with E-state index in [1.54, 1.807) is 27.7 Å². The number of rotatable bonds is 13. The maximum absolute atomic E-state index is 14.4. The van der Waals surface area contributed by atoms with Crippen molar-refractivity contribution in [2.75, 3.05) is 26.9 Å². The summed E-state index contributed by atoms with van der Waals surface area (Å²) in [6, 6.07) is 1.05. The van der Waals surface area contributed by atoms with Crippen molar-refractivity contribution in [3.63, 3.8) is 0 Å². The molecule has 3 atom stereocenters. The minimum Gasteiger partial charge on any atom is -0.438 e. The van der Waals surface area contributed by atoms with Crippen LogP contribution in [0, 0.1) is 17.3 Å². The van der Waals surface area contributed by atoms with Crippen LogP contribution in [0.5, 0.6) is 0 Å². The number of phosphoric ester groups is 1. The molecule has 2 heterocycles. The first-order valence-electron chi connectivity index (χ1n) is 11.7. The van der Waals surface area contributed by atoms with Gasteiger partial charge in [0, 0.05) is 17.7 Å². The number of halogens is 1. The van der Waals surface area contributed by atoms with Gasteiger partial charge in [0.15, 0.2) is 0 Å². The number of phosphoric acid groups is 1. The van der Waals surface area contributed by atoms with Gasteiger partial charge < -0.3 is 19.3 Å². The van der Waals surface area contributed by atoms with E-state index >= 15 is 0 Å². The Balaban J connectivity index is 2.26. The fourth-order valence-electron chi connectivity index (χ4n) is 3.47. The largest absolute Gasteiger partial charge is 0.480 e. The van der Waals surface area contributed by atoms with E-state index in [-0.39, 0.29) is 0 Å². The van der Waals surface area contributed by atoms with Gasteiger partial charge >= 0.3 is 25.5 Å². The van der Waals surface area contributed by atoms with Crippen molar-refractivity contribution in [1.82, 2.24) is 9.55 Å². The van der Waals surface area contributed by atoms with Gasteiger partial charge in [-0.3, -0.25) is 28.5 Å². The summed E-state index contributed by atoms with van der Waals surface area (Å²) in [4.78, 5) is 49.3. The van der Waals surface area contributed by atoms with Crippen LogP contribution < -0.4 is 11.2 Å². The van der Waals surface area contributed by atoms with E-state index in [0.717, 1.165) is 16.8 Å². The molecule has 2 N–H and O–H groups in total. The lowest BCUT2D eigenvalue weighted by molar-refractivity contribution is -0.160. The summed E-state index contributed by atoms with van der Waals surface area (Å²) in [5, 5.41) is 11.0. The SMILES string of the molecule is CC(C)C(=O)OCOP(=O)(OCOC(=O)C(C)C)OC[C@@]1(CF)O[C@@H](n2ccc(=O)[nH]c2=O)C(C)(C)[C@@H]1O. The first kappa shape index (κ1) is 31.8. The molecule has 216 valence electrons. The Morgan fingerprint density at radius 2 is 1.63 bits per heavy atom. The number of hydrogen-bond donors (Lipinski definition) is 2. The highest BCUT2D eigenvalue weighted by Crippen LogP contribution is 2.54. The molecule has 2 rings (SSSR count). The van der Waals surface area contributed by atoms with Gasteiger partial charge in [-0.2, -0.15) is 0 Å². The lowest BCUT2D eigenvalue weighted by Crippen LogP contribution is -2.49. The van der Waals surface area contributed by atoms with Gasteiger partial charge in [-0.15, -0.1) is 0 Å². The Labute approximate surface area is 217 Å². The molecule has 0 radical (unpaired) electrons. The Kier molecular flexibility index (Phi) is 10.6. The monoisotopic (exact) mass is 568 g/mol. The van der Waals surface area contributed by atoms with Crippen molar-refractivity contribution in [3.8, 4) is 0 Å². The maximum Gasteiger partial charge on any atom is 0.480 e. The van der Waals surface area contributed by atoms with Gasteiger partial charge in [-0.25, -0.2) is 22.8 Å². The quantitative estimate of drug-likeness (QED) is 0.200. The molecule has 0 amide bonds. The molecule has 16 heteroatoms. The highest BCUT2D eigenvalue weighted by molar-refractivity contribution is 7.48. The predicted molar refractivity (Wildman–Crippen MR) is 127 cm³/mol. The zero-order chi connectivity index (χ0) is 28.9. The minimum atomic E-state index is -4.70. The summed E-state index contributed by atoms with van der Waals surface area (Å²) in [5.74, 6) is -2.43. The van der Waals surface area contributed by atoms with Crippen molar-refractivity contribution in [1.29, 1.82) is 0 Å². The highest BCUT2D eigenvalue weighted by atomic mass is 31.2. The van der Waals surface area contributed by atoms with Crippen molar-refractivity contribution in [3.05, 3.63) is 33.1 Å². The second kappa shape index (κ2) is 12.6. The molecule has 0 unspecified atom stereocenters. The molecule has 0 saturated carbocycles. The number of hydrogen-bond acceptors (Lipinski definition) is 12. The molecule has 1 saturated heterocycles. The number of aromatic amines is 1. The van der Waals surface area contributed by atoms with Crippen LogP contribution in [0.15, 0.2) is 21.9 Å². The number of alkyl halides is 1. The molecule has 0 aliphatic carbocycles. The number of ether oxygens (including phenoxy) is 3. The number of nitrogens with one attached hydrogen (secondary N) is 1. The summed E-state index contributed by atoms with van der Waals surface area (Å²) >= 11 is 0. The van der Waals surface area contributed by atoms with E-state index in [0.29, 0.717) is 0 Å². The van der Waals surface area contributed by atoms with Gasteiger partial charge in [-0.05, 0) is 0 Å². The van der Waals surface area contributed by atoms with E-state index in [1.807, 2.05) is 4.98 Å². The van der Waals surface area contributed by atoms with Crippen molar-refractivity contribution >= 4 is 19.8 Å². The van der Waals surface area contributed by atoms with Gasteiger partial charge in [0.1, 0.15) is 18.5 Å². The number of H-pyrrole nitrogens is 1. The first-order valence-corrected chi connectivity index (χ1v) is 13.1. The first-order chi connectivity index (χ1) is 17.6. The van der Waals surface area contributed by atoms with Gasteiger partial charge in [0.2, 0.25) is 13.6 Å². The minimum absolute atomic E-state index is 0.529. The summed E-state index contributed by atoms with van der Waals surface area (Å²) in [5.41, 5.74) is -5.03. The second-order valence-electron chi connectivity index (χ2n) is 9.86. The van der Waals surface area contributed by atoms with Crippen LogP contribution in [-0.4, -0.2) is 65.2 Å². The Hall–Kier alpha value is -2.42. The number of aliphatic hydroxyl groups is 1. The molecule has 38 heavy (non-hydrogen) atoms. The third kappa shape index (κ3) is 7.36. The average molecular weight is 568 g/mol. The zero-order valence-electron chi connectivity index (χ0n) is 22.0. The van der Waals surface area contributed by atoms with Crippen LogP contribution in [0.1, 0.15) is 47.8 Å². The standard InChI is InChI=1S/C22H34FN2O12P/c1-13(2)16(27)32-11-35-38(31,36-12-33-17(28)14(3)4)34-10-22(9-23)18(29)21(5,6)19(37-22)25-8-7-15(26)24-20(25)30/h7-8,13-14,18-19,29H,9-12H2,1-6H3,(H,24,26,30)/t18-,19+,22+/m0/s1. The molecular formula is C22H34FN2O12P. The molecule has 1 fully saturated rings. The van der Waals surface area contributed by atoms with Crippen molar-refractivity contribution < 1.29 is 51.4 Å². The van der Waals surface area contributed by atoms with Crippen LogP contribution in [0.4, 0.5) is 4.39 Å². The second-order valence-corrected chi connectivity index (χ2v) is 11.5. The average Bonchev–Trinajstić information content (AvgIpc) is 3.03. The maximum atomic E-state index is 14.4. The molecular weight excluding hydrogens is 534 g/mol. The van der Waals surface area contributed by atoms with Crippen LogP contribution in [-0.2, 0) is 41.9 Å². The fourth-order valence-corrected chi connectivity index (χ4v) is 4.43. The number of esters is 2. The lowest BCUT2D eigenvalue weighted by Gasteiger charge is -2.32. The number of aromatic nitrogens is 2. The third-order valence-electron chi connectivity index (χ3n) is 5.75. The normalized spacial score (nSPS) is 23.1. The van der Waals surface area contributed by atoms with E-state index in [1.165, 1.54) is 13.8 Å². The summed E-state index contributed by atoms with van der Waals surface area (Å²) in [6.45, 7) is 5.14. The Bertz CT molecular complexity index is 1120. The summed E-state index contributed by atoms with van der Waals surface area (Å²) in [7, 11) is -4.70. The predicted octanol–water partition coefficient (Wildman–Crippen LogP) is 1.63. The highest BCUT2D eigenvalue weighted by Gasteiger charge is 2.61. The van der Waals surface area contributed by atoms with Crippen LogP contribution >= 0.6 is 7.82 Å². The number of carbonyl (C=O) groups is 2. The lowest BCUT2D eigenvalue weighted by atomic mass is 9.80. The molecule has 0 spiro atoms. The number of carbonyl (C=O) groups excluding carboxylic acids is 2. The number of nitrogens with zero attached hydrogens (tertiary/aromatic N) is 1. The summed E-state index contributed by atoms with van der Waals surface area (Å²) in [6.07, 6.45) is -1.78. The molecule has 14 nitrogen and oxygen atoms in total. The fraction of sp³-hybridized carbons (Fsp3) is 0.727. The zero-order valence-corrected chi connectivity index (χ0v) is 22.9. The molecule has 1 aromatic heterocycles. The topological polar surface area (TPSA) is 182 Å². The molecule has 0 aromatic carbocycles. The van der Waals surface area contributed by atoms with Gasteiger partial charge in [-0.1, -0.05) is 41.5 Å². The van der Waals surface area contributed by atoms with Gasteiger partial charge in [0.25, 0.3) is 5.56 Å². The van der Waals surface area contributed by atoms with E-state index in [2.05, 4.69) is 0 Å². The van der Waals surface area contributed by atoms with Gasteiger partial charge in [0.05, 0.1) is 24.5 Å². The van der Waals surface area contributed by atoms with Crippen LogP contribution in [0.2, 0.25) is 0 Å².